The molecule has 0 saturated carbocycles. The van der Waals surface area contributed by atoms with Crippen LogP contribution < -0.4 is 29.6 Å². The van der Waals surface area contributed by atoms with Crippen LogP contribution in [-0.2, 0) is 4.79 Å². The van der Waals surface area contributed by atoms with E-state index < -0.39 is 9.05 Å². The van der Waals surface area contributed by atoms with E-state index in [2.05, 4.69) is 0 Å². The summed E-state index contributed by atoms with van der Waals surface area (Å²) in [5, 5.41) is 6.89. The minimum Gasteiger partial charge on any atom is -1.00 e. The quantitative estimate of drug-likeness (QED) is 0.181. The van der Waals surface area contributed by atoms with Gasteiger partial charge in [-0.25, -0.2) is 0 Å². The van der Waals surface area contributed by atoms with E-state index in [1.54, 1.807) is 0 Å². The van der Waals surface area contributed by atoms with Gasteiger partial charge in [0.25, 0.3) is 6.47 Å². The van der Waals surface area contributed by atoms with Gasteiger partial charge in [-0.2, -0.15) is 0 Å². The predicted octanol–water partition coefficient (Wildman–Crippen LogP) is -5.79. The number of hydrogen-bond donors (Lipinski definition) is 5. The number of hydrogen-bond acceptors (Lipinski definition) is 5. The van der Waals surface area contributed by atoms with E-state index in [1.165, 1.54) is 0 Å². The van der Waals surface area contributed by atoms with E-state index in [0.29, 0.717) is 0 Å². The van der Waals surface area contributed by atoms with Gasteiger partial charge in [-0.05, 0) is 0 Å². The summed E-state index contributed by atoms with van der Waals surface area (Å²) in [5.41, 5.74) is 0. The summed E-state index contributed by atoms with van der Waals surface area (Å²) in [6.07, 6.45) is 0. The molecule has 0 spiro atoms. The topological polar surface area (TPSA) is 118 Å². The largest absolute Gasteiger partial charge is 1.00 e. The van der Waals surface area contributed by atoms with Crippen molar-refractivity contribution in [3.8, 4) is 0 Å². The van der Waals surface area contributed by atoms with E-state index in [4.69, 9.17) is 29.1 Å². The summed E-state index contributed by atoms with van der Waals surface area (Å²) in [5.74, 6) is 0. The molecule has 0 aromatic rings. The summed E-state index contributed by atoms with van der Waals surface area (Å²) >= 11 is 0. The van der Waals surface area contributed by atoms with Gasteiger partial charge in [0.2, 0.25) is 0 Å². The van der Waals surface area contributed by atoms with Crippen LogP contribution in [0.2, 0.25) is 0 Å². The molecule has 0 heterocycles. The molecule has 8 heteroatoms. The normalized spacial score (nSPS) is 8.00. The van der Waals surface area contributed by atoms with Gasteiger partial charge in [-0.15, -0.1) is 0 Å². The van der Waals surface area contributed by atoms with Crippen molar-refractivity contribution in [1.82, 2.24) is 0 Å². The molecule has 0 aromatic carbocycles. The molecule has 0 saturated heterocycles. The van der Waals surface area contributed by atoms with E-state index in [0.717, 1.165) is 0 Å². The predicted molar refractivity (Wildman–Crippen MR) is 24.4 cm³/mol. The second-order valence-corrected chi connectivity index (χ2v) is 1.91. The second kappa shape index (κ2) is 8.53. The van der Waals surface area contributed by atoms with Crippen LogP contribution in [0.1, 0.15) is 1.43 Å². The molecule has 0 radical (unpaired) electrons. The minimum absolute atomic E-state index is 0. The van der Waals surface area contributed by atoms with Gasteiger partial charge < -0.3 is 25.7 Å². The number of carbonyl (C=O) groups is 1. The summed E-state index contributed by atoms with van der Waals surface area (Å²) in [4.78, 5) is 37.7. The minimum atomic E-state index is -4.61. The Morgan fingerprint density at radius 3 is 1.22 bits per heavy atom. The molecular formula is CH7NaO6Si. The molecule has 0 amide bonds. The van der Waals surface area contributed by atoms with Gasteiger partial charge in [0, 0.05) is 0 Å². The van der Waals surface area contributed by atoms with Crippen molar-refractivity contribution in [2.75, 3.05) is 0 Å². The van der Waals surface area contributed by atoms with Gasteiger partial charge in [0.1, 0.15) is 0 Å². The maximum Gasteiger partial charge on any atom is 1.00 e. The van der Waals surface area contributed by atoms with E-state index in [9.17, 15) is 0 Å². The molecule has 0 aromatic heterocycles. The van der Waals surface area contributed by atoms with Crippen LogP contribution in [0, 0.1) is 0 Å². The van der Waals surface area contributed by atoms with Gasteiger partial charge >= 0.3 is 38.6 Å². The summed E-state index contributed by atoms with van der Waals surface area (Å²) in [6, 6.07) is 0. The van der Waals surface area contributed by atoms with Crippen molar-refractivity contribution in [2.45, 2.75) is 0 Å². The smallest absolute Gasteiger partial charge is 1.00 e. The first kappa shape index (κ1) is 16.3. The standard InChI is InChI=1S/CH2O2.Na.H4O4Si.H/c2-1-3;;1-5(2,3)4;/h1H,(H,2,3);;1-4H;/q;+1;;-1. The Hall–Kier alpha value is 0.527. The van der Waals surface area contributed by atoms with Crippen LogP contribution in [0.15, 0.2) is 0 Å². The molecule has 9 heavy (non-hydrogen) atoms. The fraction of sp³-hybridized carbons (Fsp3) is 0. The fourth-order valence-corrected chi connectivity index (χ4v) is 0. The summed E-state index contributed by atoms with van der Waals surface area (Å²) < 4.78 is 0. The molecular weight excluding hydrogens is 159 g/mol. The number of rotatable bonds is 0. The van der Waals surface area contributed by atoms with Crippen LogP contribution in [-0.4, -0.2) is 39.8 Å². The zero-order chi connectivity index (χ0) is 7.21. The van der Waals surface area contributed by atoms with Crippen molar-refractivity contribution in [3.63, 3.8) is 0 Å². The van der Waals surface area contributed by atoms with Crippen LogP contribution in [0.5, 0.6) is 0 Å². The first-order valence-corrected chi connectivity index (χ1v) is 3.18. The summed E-state index contributed by atoms with van der Waals surface area (Å²) in [6.45, 7) is -0.250. The molecule has 0 atom stereocenters. The monoisotopic (exact) mass is 166 g/mol. The second-order valence-electron chi connectivity index (χ2n) is 0.705. The van der Waals surface area contributed by atoms with E-state index in [1.807, 2.05) is 0 Å². The van der Waals surface area contributed by atoms with Gasteiger partial charge in [-0.3, -0.25) is 4.79 Å². The molecule has 0 aliphatic carbocycles. The average Bonchev–Trinajstić information content (AvgIpc) is 1.27. The van der Waals surface area contributed by atoms with Crippen LogP contribution in [0.3, 0.4) is 0 Å². The van der Waals surface area contributed by atoms with Crippen molar-refractivity contribution in [3.05, 3.63) is 0 Å². The van der Waals surface area contributed by atoms with Crippen LogP contribution in [0.25, 0.3) is 0 Å². The van der Waals surface area contributed by atoms with Crippen LogP contribution in [0.4, 0.5) is 0 Å². The van der Waals surface area contributed by atoms with Gasteiger partial charge in [-0.1, -0.05) is 0 Å². The zero-order valence-corrected chi connectivity index (χ0v) is 7.72. The van der Waals surface area contributed by atoms with Crippen LogP contribution >= 0.6 is 0 Å². The van der Waals surface area contributed by atoms with E-state index >= 15 is 0 Å². The van der Waals surface area contributed by atoms with Crippen molar-refractivity contribution >= 4 is 15.5 Å². The van der Waals surface area contributed by atoms with Crippen molar-refractivity contribution in [2.24, 2.45) is 0 Å². The van der Waals surface area contributed by atoms with Gasteiger partial charge in [0.15, 0.2) is 0 Å². The van der Waals surface area contributed by atoms with E-state index in [-0.39, 0.29) is 37.5 Å². The molecule has 5 N–H and O–H groups in total. The molecule has 0 fully saturated rings. The fourth-order valence-electron chi connectivity index (χ4n) is 0. The summed E-state index contributed by atoms with van der Waals surface area (Å²) in [7, 11) is -4.61. The molecule has 0 aliphatic heterocycles. The Bertz CT molecular complexity index is 57.3. The van der Waals surface area contributed by atoms with Gasteiger partial charge in [0.05, 0.1) is 0 Å². The maximum atomic E-state index is 8.36. The first-order valence-electron chi connectivity index (χ1n) is 1.39. The third-order valence-electron chi connectivity index (χ3n) is 0. The Balaban J connectivity index is -0.0000000326. The SMILES string of the molecule is O=CO.O[Si](O)(O)O.[H-].[Na+]. The average molecular weight is 166 g/mol. The Morgan fingerprint density at radius 2 is 1.22 bits per heavy atom. The molecule has 6 nitrogen and oxygen atoms in total. The third-order valence-corrected chi connectivity index (χ3v) is 0. The Kier molecular flexibility index (Phi) is 15.4. The Morgan fingerprint density at radius 1 is 1.22 bits per heavy atom. The molecule has 0 unspecified atom stereocenters. The van der Waals surface area contributed by atoms with Crippen molar-refractivity contribution in [1.29, 1.82) is 0 Å². The molecule has 52 valence electrons. The maximum absolute atomic E-state index is 8.36. The number of carboxylic acid groups (broad SMARTS) is 1. The molecule has 0 rings (SSSR count). The van der Waals surface area contributed by atoms with Crippen molar-refractivity contribution < 1.29 is 60.1 Å². The zero-order valence-electron chi connectivity index (χ0n) is 5.72. The third kappa shape index (κ3) is 1310. The molecule has 0 aliphatic rings. The molecule has 0 bridgehead atoms. The first-order chi connectivity index (χ1) is 3.41. The Labute approximate surface area is 75.7 Å².